The van der Waals surface area contributed by atoms with Gasteiger partial charge in [-0.25, -0.2) is 0 Å². The smallest absolute Gasteiger partial charge is 0.157 e. The Bertz CT molecular complexity index is 188. The van der Waals surface area contributed by atoms with Gasteiger partial charge in [0.1, 0.15) is 0 Å². The molecule has 5 heteroatoms. The van der Waals surface area contributed by atoms with Gasteiger partial charge in [-0.15, -0.1) is 13.2 Å². The molecule has 13 heavy (non-hydrogen) atoms. The van der Waals surface area contributed by atoms with Gasteiger partial charge in [0.15, 0.2) is 11.5 Å². The molecule has 1 aromatic carbocycles. The molecule has 76 valence electrons. The lowest BCUT2D eigenvalue weighted by Crippen LogP contribution is -2.02. The molecule has 0 aromatic heterocycles. The summed E-state index contributed by atoms with van der Waals surface area (Å²) in [7, 11) is 0. The van der Waals surface area contributed by atoms with Crippen molar-refractivity contribution in [2.45, 2.75) is 0 Å². The van der Waals surface area contributed by atoms with E-state index in [4.69, 9.17) is 10.2 Å². The highest BCUT2D eigenvalue weighted by Gasteiger charge is 1.90. The molecular formula is C8H17N2O2P. The molecule has 0 spiro atoms. The molecule has 0 fully saturated rings. The summed E-state index contributed by atoms with van der Waals surface area (Å²) in [4.78, 5) is 0. The van der Waals surface area contributed by atoms with Crippen molar-refractivity contribution in [3.05, 3.63) is 37.4 Å². The minimum Gasteiger partial charge on any atom is -0.504 e. The minimum atomic E-state index is -0.0764. The minimum absolute atomic E-state index is 0. The normalized spacial score (nSPS) is 6.31. The van der Waals surface area contributed by atoms with E-state index in [2.05, 4.69) is 24.8 Å². The summed E-state index contributed by atoms with van der Waals surface area (Å²) in [5.74, 6) is 7.85. The zero-order chi connectivity index (χ0) is 9.98. The standard InChI is InChI=1S/C6H6O2.C2H4.H4N2.H3P/c7-5-3-1-2-4-6(5)8;2*1-2;/h1-4,7-8H;2*1-2H2;1H3. The molecule has 1 atom stereocenters. The van der Waals surface area contributed by atoms with Crippen LogP contribution in [0.2, 0.25) is 0 Å². The number of hydrogen-bond donors (Lipinski definition) is 4. The predicted molar refractivity (Wildman–Crippen MR) is 60.5 cm³/mol. The van der Waals surface area contributed by atoms with Crippen molar-refractivity contribution >= 4 is 9.90 Å². The van der Waals surface area contributed by atoms with Crippen molar-refractivity contribution in [2.24, 2.45) is 11.7 Å². The Balaban J connectivity index is -0.000000178. The van der Waals surface area contributed by atoms with Gasteiger partial charge in [0.2, 0.25) is 0 Å². The SMILES string of the molecule is C=C.NN.Oc1ccccc1O.P. The lowest BCUT2D eigenvalue weighted by atomic mass is 10.3. The number of aromatic hydroxyl groups is 2. The number of hydrazine groups is 1. The van der Waals surface area contributed by atoms with Crippen LogP contribution in [0.25, 0.3) is 0 Å². The third kappa shape index (κ3) is 8.82. The number of hydrogen-bond acceptors (Lipinski definition) is 4. The lowest BCUT2D eigenvalue weighted by molar-refractivity contribution is 0.404. The van der Waals surface area contributed by atoms with Gasteiger partial charge < -0.3 is 10.2 Å². The van der Waals surface area contributed by atoms with E-state index in [1.54, 1.807) is 12.1 Å². The van der Waals surface area contributed by atoms with Crippen LogP contribution in [0.3, 0.4) is 0 Å². The summed E-state index contributed by atoms with van der Waals surface area (Å²) in [5.41, 5.74) is 0. The highest BCUT2D eigenvalue weighted by Crippen LogP contribution is 2.21. The summed E-state index contributed by atoms with van der Waals surface area (Å²) in [6.45, 7) is 6.00. The van der Waals surface area contributed by atoms with Crippen molar-refractivity contribution in [2.75, 3.05) is 0 Å². The molecule has 0 heterocycles. The molecule has 0 aliphatic rings. The van der Waals surface area contributed by atoms with Crippen LogP contribution in [0.5, 0.6) is 11.5 Å². The number of nitrogens with two attached hydrogens (primary N) is 2. The van der Waals surface area contributed by atoms with Gasteiger partial charge in [-0.3, -0.25) is 11.7 Å². The highest BCUT2D eigenvalue weighted by molar-refractivity contribution is 6.92. The number of para-hydroxylation sites is 2. The first kappa shape index (κ1) is 17.9. The number of benzene rings is 1. The Hall–Kier alpha value is -1.09. The van der Waals surface area contributed by atoms with E-state index < -0.39 is 0 Å². The fraction of sp³-hybridized carbons (Fsp3) is 0. The Kier molecular flexibility index (Phi) is 18.5. The fourth-order valence-corrected chi connectivity index (χ4v) is 0.464. The largest absolute Gasteiger partial charge is 0.504 e. The Morgan fingerprint density at radius 3 is 1.31 bits per heavy atom. The van der Waals surface area contributed by atoms with E-state index in [0.29, 0.717) is 0 Å². The molecule has 1 unspecified atom stereocenters. The predicted octanol–water partition coefficient (Wildman–Crippen LogP) is 0.777. The lowest BCUT2D eigenvalue weighted by Gasteiger charge is -1.91. The number of phenols is 2. The van der Waals surface area contributed by atoms with Gasteiger partial charge in [0.25, 0.3) is 0 Å². The molecule has 0 saturated carbocycles. The molecule has 0 aliphatic carbocycles. The van der Waals surface area contributed by atoms with Crippen molar-refractivity contribution < 1.29 is 10.2 Å². The maximum Gasteiger partial charge on any atom is 0.157 e. The van der Waals surface area contributed by atoms with E-state index >= 15 is 0 Å². The van der Waals surface area contributed by atoms with Crippen molar-refractivity contribution in [1.82, 2.24) is 0 Å². The molecule has 6 N–H and O–H groups in total. The second-order valence-corrected chi connectivity index (χ2v) is 1.49. The van der Waals surface area contributed by atoms with Gasteiger partial charge in [0.05, 0.1) is 0 Å². The summed E-state index contributed by atoms with van der Waals surface area (Å²) < 4.78 is 0. The monoisotopic (exact) mass is 204 g/mol. The van der Waals surface area contributed by atoms with Crippen LogP contribution < -0.4 is 11.7 Å². The van der Waals surface area contributed by atoms with E-state index in [9.17, 15) is 0 Å². The van der Waals surface area contributed by atoms with Crippen LogP contribution in [0.15, 0.2) is 37.4 Å². The van der Waals surface area contributed by atoms with Crippen molar-refractivity contribution in [1.29, 1.82) is 0 Å². The van der Waals surface area contributed by atoms with E-state index in [1.807, 2.05) is 0 Å². The van der Waals surface area contributed by atoms with Gasteiger partial charge in [0, 0.05) is 0 Å². The van der Waals surface area contributed by atoms with Gasteiger partial charge in [-0.05, 0) is 12.1 Å². The molecule has 0 amide bonds. The summed E-state index contributed by atoms with van der Waals surface area (Å²) >= 11 is 0. The van der Waals surface area contributed by atoms with Crippen LogP contribution in [0.1, 0.15) is 0 Å². The molecule has 0 saturated heterocycles. The average Bonchev–Trinajstić information content (AvgIpc) is 2.17. The van der Waals surface area contributed by atoms with Crippen LogP contribution in [-0.2, 0) is 0 Å². The molecule has 0 bridgehead atoms. The second-order valence-electron chi connectivity index (χ2n) is 1.49. The zero-order valence-corrected chi connectivity index (χ0v) is 8.89. The van der Waals surface area contributed by atoms with Crippen LogP contribution >= 0.6 is 9.90 Å². The Morgan fingerprint density at radius 1 is 0.923 bits per heavy atom. The highest BCUT2D eigenvalue weighted by atomic mass is 31.0. The molecule has 4 nitrogen and oxygen atoms in total. The molecule has 0 aliphatic heterocycles. The topological polar surface area (TPSA) is 92.5 Å². The van der Waals surface area contributed by atoms with Gasteiger partial charge >= 0.3 is 0 Å². The summed E-state index contributed by atoms with van der Waals surface area (Å²) in [6.07, 6.45) is 0. The van der Waals surface area contributed by atoms with Crippen LogP contribution in [-0.4, -0.2) is 10.2 Å². The van der Waals surface area contributed by atoms with Gasteiger partial charge in [-0.2, -0.15) is 9.90 Å². The van der Waals surface area contributed by atoms with Crippen LogP contribution in [0.4, 0.5) is 0 Å². The molecule has 1 aromatic rings. The molecule has 1 rings (SSSR count). The maximum absolute atomic E-state index is 8.67. The first-order valence-electron chi connectivity index (χ1n) is 3.11. The third-order valence-corrected chi connectivity index (χ3v) is 0.882. The zero-order valence-electron chi connectivity index (χ0n) is 7.48. The van der Waals surface area contributed by atoms with E-state index in [1.165, 1.54) is 12.1 Å². The summed E-state index contributed by atoms with van der Waals surface area (Å²) in [5, 5.41) is 17.3. The van der Waals surface area contributed by atoms with Crippen molar-refractivity contribution in [3.8, 4) is 11.5 Å². The Labute approximate surface area is 81.5 Å². The number of phenolic OH excluding ortho intramolecular Hbond substituents is 2. The first-order chi connectivity index (χ1) is 5.80. The molecule has 0 radical (unpaired) electrons. The number of rotatable bonds is 0. The van der Waals surface area contributed by atoms with Crippen LogP contribution in [0, 0.1) is 0 Å². The fourth-order valence-electron chi connectivity index (χ4n) is 0.464. The van der Waals surface area contributed by atoms with Gasteiger partial charge in [-0.1, -0.05) is 12.1 Å². The summed E-state index contributed by atoms with van der Waals surface area (Å²) in [6, 6.07) is 6.15. The average molecular weight is 204 g/mol. The van der Waals surface area contributed by atoms with Crippen molar-refractivity contribution in [3.63, 3.8) is 0 Å². The maximum atomic E-state index is 8.67. The van der Waals surface area contributed by atoms with E-state index in [0.717, 1.165) is 0 Å². The Morgan fingerprint density at radius 2 is 1.15 bits per heavy atom. The first-order valence-corrected chi connectivity index (χ1v) is 3.11. The quantitative estimate of drug-likeness (QED) is 0.165. The third-order valence-electron chi connectivity index (χ3n) is 0.882. The second kappa shape index (κ2) is 13.5. The molecular weight excluding hydrogens is 187 g/mol. The van der Waals surface area contributed by atoms with E-state index in [-0.39, 0.29) is 21.4 Å².